The minimum atomic E-state index is -0.194. The molecule has 0 heterocycles. The Bertz CT molecular complexity index is 3210. The number of benzene rings is 8. The van der Waals surface area contributed by atoms with Crippen molar-refractivity contribution >= 4 is 28.4 Å². The van der Waals surface area contributed by atoms with Gasteiger partial charge < -0.3 is 9.80 Å². The molecule has 0 bridgehead atoms. The van der Waals surface area contributed by atoms with Gasteiger partial charge in [0.2, 0.25) is 0 Å². The number of allylic oxidation sites excluding steroid dienone is 4. The Morgan fingerprint density at radius 1 is 0.446 bits per heavy atom. The van der Waals surface area contributed by atoms with Gasteiger partial charge in [0.05, 0.1) is 0 Å². The highest BCUT2D eigenvalue weighted by Crippen LogP contribution is 2.60. The first-order valence-corrected chi connectivity index (χ1v) is 23.5. The molecule has 12 rings (SSSR count). The van der Waals surface area contributed by atoms with Gasteiger partial charge >= 0.3 is 0 Å². The van der Waals surface area contributed by atoms with Gasteiger partial charge in [0, 0.05) is 45.0 Å². The molecule has 8 aromatic rings. The second-order valence-electron chi connectivity index (χ2n) is 18.2. The third-order valence-corrected chi connectivity index (χ3v) is 15.0. The van der Waals surface area contributed by atoms with Crippen LogP contribution in [0.3, 0.4) is 0 Å². The highest BCUT2D eigenvalue weighted by Gasteiger charge is 2.48. The number of hydrogen-bond donors (Lipinski definition) is 0. The third kappa shape index (κ3) is 5.93. The van der Waals surface area contributed by atoms with E-state index in [2.05, 4.69) is 230 Å². The van der Waals surface area contributed by atoms with Crippen molar-refractivity contribution in [2.45, 2.75) is 56.3 Å². The van der Waals surface area contributed by atoms with Crippen LogP contribution in [0.1, 0.15) is 77.1 Å². The summed E-state index contributed by atoms with van der Waals surface area (Å²) in [5.74, 6) is 0. The van der Waals surface area contributed by atoms with E-state index in [9.17, 15) is 0 Å². The molecule has 2 unspecified atom stereocenters. The fraction of sp³-hybridized carbons (Fsp3) is 0.143. The van der Waals surface area contributed by atoms with Gasteiger partial charge in [-0.05, 0) is 185 Å². The molecule has 4 aliphatic carbocycles. The van der Waals surface area contributed by atoms with Gasteiger partial charge in [-0.25, -0.2) is 0 Å². The van der Waals surface area contributed by atoms with Crippen LogP contribution in [0.5, 0.6) is 0 Å². The molecule has 65 heavy (non-hydrogen) atoms. The van der Waals surface area contributed by atoms with Crippen LogP contribution < -0.4 is 9.80 Å². The van der Waals surface area contributed by atoms with Crippen molar-refractivity contribution in [1.82, 2.24) is 0 Å². The van der Waals surface area contributed by atoms with Crippen molar-refractivity contribution in [3.63, 3.8) is 0 Å². The zero-order valence-corrected chi connectivity index (χ0v) is 37.1. The summed E-state index contributed by atoms with van der Waals surface area (Å²) in [5.41, 5.74) is 23.2. The molecule has 0 aliphatic heterocycles. The molecule has 0 saturated carbocycles. The van der Waals surface area contributed by atoms with Crippen LogP contribution in [0.15, 0.2) is 225 Å². The summed E-state index contributed by atoms with van der Waals surface area (Å²) in [6.45, 7) is 6.27. The summed E-state index contributed by atoms with van der Waals surface area (Å²) >= 11 is 0. The first-order chi connectivity index (χ1) is 32.1. The summed E-state index contributed by atoms with van der Waals surface area (Å²) in [6, 6.07) is 71.1. The van der Waals surface area contributed by atoms with Gasteiger partial charge in [0.15, 0.2) is 0 Å². The number of rotatable bonds is 8. The quantitative estimate of drug-likeness (QED) is 0.141. The number of para-hydroxylation sites is 1. The molecule has 2 atom stereocenters. The van der Waals surface area contributed by atoms with Gasteiger partial charge in [-0.3, -0.25) is 0 Å². The maximum absolute atomic E-state index is 4.17. The zero-order valence-electron chi connectivity index (χ0n) is 37.1. The Balaban J connectivity index is 0.995. The third-order valence-electron chi connectivity index (χ3n) is 15.0. The van der Waals surface area contributed by atoms with E-state index in [0.29, 0.717) is 0 Å². The topological polar surface area (TPSA) is 6.48 Å². The van der Waals surface area contributed by atoms with Crippen LogP contribution in [-0.4, -0.2) is 0 Å². The second-order valence-corrected chi connectivity index (χ2v) is 18.2. The number of hydrogen-bond acceptors (Lipinski definition) is 2. The average molecular weight is 837 g/mol. The van der Waals surface area contributed by atoms with Crippen molar-refractivity contribution in [1.29, 1.82) is 0 Å². The molecule has 0 radical (unpaired) electrons. The van der Waals surface area contributed by atoms with Crippen molar-refractivity contribution < 1.29 is 0 Å². The molecule has 314 valence electrons. The van der Waals surface area contributed by atoms with Crippen LogP contribution in [0.2, 0.25) is 0 Å². The van der Waals surface area contributed by atoms with Crippen LogP contribution in [0.25, 0.3) is 22.3 Å². The minimum Gasteiger partial charge on any atom is -0.311 e. The normalized spacial score (nSPS) is 18.7. The Morgan fingerprint density at radius 2 is 0.892 bits per heavy atom. The van der Waals surface area contributed by atoms with Gasteiger partial charge in [-0.2, -0.15) is 0 Å². The number of fused-ring (bicyclic) bond motifs is 14. The largest absolute Gasteiger partial charge is 0.311 e. The standard InChI is InChI=1S/C63H52N2/c1-3-18-46(19-4-2)64(50-36-38-54-52-26-10-14-30-58(52)62(60(54)42-50)40-16-22-44-20-8-12-28-56(44)62)48-32-34-49(35-33-48)65(47-24-6-5-7-25-47)51-37-39-55-53-27-11-15-31-59(53)63(61(55)43-51)41-17-23-45-21-9-13-29-57(45)63/h3-15,18-21,24-39,42-43H,1,16-17,22-23,40-41H2,2H3/b19-4-,46-18+. The summed E-state index contributed by atoms with van der Waals surface area (Å²) in [5, 5.41) is 0. The molecule has 0 N–H and O–H groups in total. The Hall–Kier alpha value is -7.42. The number of anilines is 5. The highest BCUT2D eigenvalue weighted by molar-refractivity contribution is 5.90. The van der Waals surface area contributed by atoms with E-state index < -0.39 is 0 Å². The van der Waals surface area contributed by atoms with Gasteiger partial charge in [-0.1, -0.05) is 146 Å². The summed E-state index contributed by atoms with van der Waals surface area (Å²) in [6.07, 6.45) is 15.1. The SMILES string of the molecule is C=C/C=C(\C=C/C)N(c1ccc(N(c2ccccc2)c2ccc3c(c2)C2(CCCc4ccccc42)c2ccccc2-3)cc1)c1ccc2c(c1)C1(CCCc3ccccc31)c1ccccc1-2. The number of nitrogens with zero attached hydrogens (tertiary/aromatic N) is 2. The predicted molar refractivity (Wildman–Crippen MR) is 272 cm³/mol. The molecule has 2 heteroatoms. The van der Waals surface area contributed by atoms with E-state index in [1.807, 2.05) is 6.08 Å². The van der Waals surface area contributed by atoms with Crippen LogP contribution in [0, 0.1) is 0 Å². The Morgan fingerprint density at radius 3 is 1.46 bits per heavy atom. The lowest BCUT2D eigenvalue weighted by Crippen LogP contribution is -2.31. The fourth-order valence-electron chi connectivity index (χ4n) is 12.5. The van der Waals surface area contributed by atoms with E-state index in [1.54, 1.807) is 0 Å². The molecule has 0 aromatic heterocycles. The van der Waals surface area contributed by atoms with Gasteiger partial charge in [0.25, 0.3) is 0 Å². The molecular formula is C63H52N2. The molecule has 8 aromatic carbocycles. The average Bonchev–Trinajstić information content (AvgIpc) is 3.79. The highest BCUT2D eigenvalue weighted by atomic mass is 15.2. The minimum absolute atomic E-state index is 0.181. The van der Waals surface area contributed by atoms with Crippen molar-refractivity contribution in [3.8, 4) is 22.3 Å². The van der Waals surface area contributed by atoms with Crippen LogP contribution in [-0.2, 0) is 23.7 Å². The van der Waals surface area contributed by atoms with E-state index in [0.717, 1.165) is 72.7 Å². The maximum atomic E-state index is 4.17. The predicted octanol–water partition coefficient (Wildman–Crippen LogP) is 16.2. The molecule has 0 amide bonds. The molecule has 0 saturated heterocycles. The maximum Gasteiger partial charge on any atom is 0.0467 e. The first kappa shape index (κ1) is 39.2. The van der Waals surface area contributed by atoms with Crippen molar-refractivity contribution in [2.24, 2.45) is 0 Å². The smallest absolute Gasteiger partial charge is 0.0467 e. The van der Waals surface area contributed by atoms with Crippen molar-refractivity contribution in [3.05, 3.63) is 269 Å². The van der Waals surface area contributed by atoms with E-state index >= 15 is 0 Å². The van der Waals surface area contributed by atoms with E-state index in [4.69, 9.17) is 0 Å². The first-order valence-electron chi connectivity index (χ1n) is 23.5. The summed E-state index contributed by atoms with van der Waals surface area (Å²) in [7, 11) is 0. The lowest BCUT2D eigenvalue weighted by molar-refractivity contribution is 0.507. The summed E-state index contributed by atoms with van der Waals surface area (Å²) in [4.78, 5) is 4.84. The molecule has 2 nitrogen and oxygen atoms in total. The fourth-order valence-corrected chi connectivity index (χ4v) is 12.5. The van der Waals surface area contributed by atoms with E-state index in [-0.39, 0.29) is 10.8 Å². The second kappa shape index (κ2) is 15.7. The van der Waals surface area contributed by atoms with Crippen LogP contribution in [0.4, 0.5) is 28.4 Å². The molecular weight excluding hydrogens is 785 g/mol. The molecule has 2 spiro atoms. The molecule has 4 aliphatic rings. The lowest BCUT2D eigenvalue weighted by Gasteiger charge is -2.39. The number of aryl methyl sites for hydroxylation is 2. The molecule has 0 fully saturated rings. The van der Waals surface area contributed by atoms with E-state index in [1.165, 1.54) is 66.8 Å². The summed E-state index contributed by atoms with van der Waals surface area (Å²) < 4.78 is 0. The van der Waals surface area contributed by atoms with Gasteiger partial charge in [-0.15, -0.1) is 0 Å². The van der Waals surface area contributed by atoms with Gasteiger partial charge in [0.1, 0.15) is 0 Å². The lowest BCUT2D eigenvalue weighted by atomic mass is 9.64. The monoisotopic (exact) mass is 836 g/mol. The van der Waals surface area contributed by atoms with Crippen molar-refractivity contribution in [2.75, 3.05) is 9.80 Å². The van der Waals surface area contributed by atoms with Crippen LogP contribution >= 0.6 is 0 Å². The Labute approximate surface area is 384 Å². The Kier molecular flexibility index (Phi) is 9.45. The zero-order chi connectivity index (χ0) is 43.5.